The van der Waals surface area contributed by atoms with Gasteiger partial charge in [0.1, 0.15) is 0 Å². The van der Waals surface area contributed by atoms with E-state index < -0.39 is 4.92 Å². The Kier molecular flexibility index (Phi) is 2.94. The third kappa shape index (κ3) is 1.98. The minimum atomic E-state index is -0.408. The molecular weight excluding hydrogens is 246 g/mol. The van der Waals surface area contributed by atoms with E-state index in [0.717, 1.165) is 25.9 Å². The van der Waals surface area contributed by atoms with E-state index >= 15 is 0 Å². The van der Waals surface area contributed by atoms with Crippen LogP contribution in [0.4, 0.5) is 5.69 Å². The maximum atomic E-state index is 12.3. The quantitative estimate of drug-likeness (QED) is 0.643. The average Bonchev–Trinajstić information content (AvgIpc) is 2.77. The van der Waals surface area contributed by atoms with Gasteiger partial charge in [0.15, 0.2) is 0 Å². The van der Waals surface area contributed by atoms with Crippen molar-refractivity contribution in [3.05, 3.63) is 39.4 Å². The molecule has 0 aromatic heterocycles. The molecule has 1 N–H and O–H groups in total. The molecule has 0 aliphatic carbocycles. The van der Waals surface area contributed by atoms with Crippen LogP contribution in [0.5, 0.6) is 0 Å². The molecule has 1 amide bonds. The average molecular weight is 261 g/mol. The number of rotatable bonds is 2. The number of nitro groups is 1. The molecule has 0 spiro atoms. The van der Waals surface area contributed by atoms with Crippen molar-refractivity contribution in [3.63, 3.8) is 0 Å². The summed E-state index contributed by atoms with van der Waals surface area (Å²) in [4.78, 5) is 24.7. The normalized spacial score (nSPS) is 22.4. The zero-order valence-corrected chi connectivity index (χ0v) is 10.5. The van der Waals surface area contributed by atoms with Gasteiger partial charge in [-0.25, -0.2) is 0 Å². The van der Waals surface area contributed by atoms with Crippen LogP contribution in [0.3, 0.4) is 0 Å². The maximum absolute atomic E-state index is 12.3. The lowest BCUT2D eigenvalue weighted by Gasteiger charge is -2.31. The number of hydrogen-bond donors (Lipinski definition) is 1. The molecule has 0 bridgehead atoms. The number of benzene rings is 1. The second-order valence-electron chi connectivity index (χ2n) is 4.99. The predicted molar refractivity (Wildman–Crippen MR) is 68.9 cm³/mol. The van der Waals surface area contributed by atoms with E-state index in [1.165, 1.54) is 6.07 Å². The summed E-state index contributed by atoms with van der Waals surface area (Å²) < 4.78 is 0. The number of carbonyl (C=O) groups is 1. The molecule has 1 aromatic rings. The van der Waals surface area contributed by atoms with Crippen LogP contribution in [-0.2, 0) is 6.54 Å². The van der Waals surface area contributed by atoms with Gasteiger partial charge in [-0.15, -0.1) is 0 Å². The van der Waals surface area contributed by atoms with Crippen molar-refractivity contribution < 1.29 is 9.72 Å². The van der Waals surface area contributed by atoms with Crippen LogP contribution in [0.2, 0.25) is 0 Å². The number of fused-ring (bicyclic) bond motifs is 1. The fourth-order valence-electron chi connectivity index (χ4n) is 2.90. The SMILES string of the molecule is O=C1c2cccc([N+](=O)[O-])c2CN1C1CCCNC1. The summed E-state index contributed by atoms with van der Waals surface area (Å²) in [5.41, 5.74) is 1.10. The van der Waals surface area contributed by atoms with Gasteiger partial charge in [-0.2, -0.15) is 0 Å². The molecule has 1 unspecified atom stereocenters. The van der Waals surface area contributed by atoms with Crippen LogP contribution in [0, 0.1) is 10.1 Å². The summed E-state index contributed by atoms with van der Waals surface area (Å²) >= 11 is 0. The number of piperidine rings is 1. The van der Waals surface area contributed by atoms with E-state index in [2.05, 4.69) is 5.32 Å². The fraction of sp³-hybridized carbons (Fsp3) is 0.462. The number of carbonyl (C=O) groups excluding carboxylic acids is 1. The van der Waals surface area contributed by atoms with Gasteiger partial charge in [0.2, 0.25) is 0 Å². The first-order valence-corrected chi connectivity index (χ1v) is 6.46. The van der Waals surface area contributed by atoms with Gasteiger partial charge < -0.3 is 10.2 Å². The lowest BCUT2D eigenvalue weighted by atomic mass is 10.1. The molecule has 19 heavy (non-hydrogen) atoms. The Hall–Kier alpha value is -1.95. The summed E-state index contributed by atoms with van der Waals surface area (Å²) in [6, 6.07) is 4.88. The molecule has 1 fully saturated rings. The van der Waals surface area contributed by atoms with Crippen molar-refractivity contribution in [3.8, 4) is 0 Å². The third-order valence-electron chi connectivity index (χ3n) is 3.88. The predicted octanol–water partition coefficient (Wildman–Crippen LogP) is 1.30. The van der Waals surface area contributed by atoms with Gasteiger partial charge in [0.05, 0.1) is 22.6 Å². The summed E-state index contributed by atoms with van der Waals surface area (Å²) in [5.74, 6) is -0.0765. The van der Waals surface area contributed by atoms with Crippen molar-refractivity contribution in [2.75, 3.05) is 13.1 Å². The zero-order chi connectivity index (χ0) is 13.4. The molecule has 0 radical (unpaired) electrons. The summed E-state index contributed by atoms with van der Waals surface area (Å²) in [7, 11) is 0. The van der Waals surface area contributed by atoms with Gasteiger partial charge in [0.25, 0.3) is 11.6 Å². The van der Waals surface area contributed by atoms with Gasteiger partial charge >= 0.3 is 0 Å². The van der Waals surface area contributed by atoms with Crippen LogP contribution >= 0.6 is 0 Å². The highest BCUT2D eigenvalue weighted by molar-refractivity contribution is 5.99. The van der Waals surface area contributed by atoms with Crippen LogP contribution in [0.1, 0.15) is 28.8 Å². The number of nitrogens with zero attached hydrogens (tertiary/aromatic N) is 2. The highest BCUT2D eigenvalue weighted by Gasteiger charge is 2.36. The first kappa shape index (κ1) is 12.1. The zero-order valence-electron chi connectivity index (χ0n) is 10.5. The van der Waals surface area contributed by atoms with Crippen molar-refractivity contribution in [2.45, 2.75) is 25.4 Å². The lowest BCUT2D eigenvalue weighted by Crippen LogP contribution is -2.46. The first-order valence-electron chi connectivity index (χ1n) is 6.46. The smallest absolute Gasteiger partial charge is 0.275 e. The molecule has 100 valence electrons. The monoisotopic (exact) mass is 261 g/mol. The highest BCUT2D eigenvalue weighted by Crippen LogP contribution is 2.32. The summed E-state index contributed by atoms with van der Waals surface area (Å²) in [6.45, 7) is 2.11. The van der Waals surface area contributed by atoms with Crippen molar-refractivity contribution in [1.82, 2.24) is 10.2 Å². The molecule has 6 nitrogen and oxygen atoms in total. The van der Waals surface area contributed by atoms with Crippen molar-refractivity contribution >= 4 is 11.6 Å². The number of nitrogens with one attached hydrogen (secondary N) is 1. The van der Waals surface area contributed by atoms with E-state index in [9.17, 15) is 14.9 Å². The standard InChI is InChI=1S/C13H15N3O3/c17-13-10-4-1-5-12(16(18)19)11(10)8-15(13)9-3-2-6-14-7-9/h1,4-5,9,14H,2-3,6-8H2. The van der Waals surface area contributed by atoms with Crippen molar-refractivity contribution in [2.24, 2.45) is 0 Å². The molecule has 6 heteroatoms. The van der Waals surface area contributed by atoms with Crippen LogP contribution in [0.25, 0.3) is 0 Å². The van der Waals surface area contributed by atoms with Gasteiger partial charge in [-0.3, -0.25) is 14.9 Å². The van der Waals surface area contributed by atoms with Crippen LogP contribution < -0.4 is 5.32 Å². The summed E-state index contributed by atoms with van der Waals surface area (Å²) in [5, 5.41) is 14.3. The van der Waals surface area contributed by atoms with Crippen LogP contribution in [-0.4, -0.2) is 34.9 Å². The Morgan fingerprint density at radius 3 is 2.95 bits per heavy atom. The van der Waals surface area contributed by atoms with Gasteiger partial charge in [0, 0.05) is 18.7 Å². The molecule has 3 rings (SSSR count). The molecule has 1 atom stereocenters. The minimum absolute atomic E-state index is 0.0529. The Morgan fingerprint density at radius 2 is 2.26 bits per heavy atom. The second-order valence-corrected chi connectivity index (χ2v) is 4.99. The van der Waals surface area contributed by atoms with Crippen molar-refractivity contribution in [1.29, 1.82) is 0 Å². The second kappa shape index (κ2) is 4.62. The number of amides is 1. The topological polar surface area (TPSA) is 75.5 Å². The van der Waals surface area contributed by atoms with Gasteiger partial charge in [-0.1, -0.05) is 6.07 Å². The Bertz CT molecular complexity index is 538. The van der Waals surface area contributed by atoms with E-state index in [0.29, 0.717) is 17.7 Å². The highest BCUT2D eigenvalue weighted by atomic mass is 16.6. The Balaban J connectivity index is 1.92. The maximum Gasteiger partial charge on any atom is 0.275 e. The molecular formula is C13H15N3O3. The lowest BCUT2D eigenvalue weighted by molar-refractivity contribution is -0.385. The first-order chi connectivity index (χ1) is 9.18. The van der Waals surface area contributed by atoms with E-state index in [1.807, 2.05) is 0 Å². The minimum Gasteiger partial charge on any atom is -0.330 e. The van der Waals surface area contributed by atoms with Gasteiger partial charge in [-0.05, 0) is 25.5 Å². The number of nitro benzene ring substituents is 1. The molecule has 0 saturated carbocycles. The molecule has 2 aliphatic heterocycles. The van der Waals surface area contributed by atoms with E-state index in [-0.39, 0.29) is 17.6 Å². The Morgan fingerprint density at radius 1 is 1.42 bits per heavy atom. The fourth-order valence-corrected chi connectivity index (χ4v) is 2.90. The van der Waals surface area contributed by atoms with E-state index in [4.69, 9.17) is 0 Å². The molecule has 2 heterocycles. The van der Waals surface area contributed by atoms with Crippen LogP contribution in [0.15, 0.2) is 18.2 Å². The molecule has 1 aromatic carbocycles. The third-order valence-corrected chi connectivity index (χ3v) is 3.88. The summed E-state index contributed by atoms with van der Waals surface area (Å²) in [6.07, 6.45) is 1.99. The largest absolute Gasteiger partial charge is 0.330 e. The molecule has 2 aliphatic rings. The Labute approximate surface area is 110 Å². The molecule has 1 saturated heterocycles. The van der Waals surface area contributed by atoms with E-state index in [1.54, 1.807) is 17.0 Å². The number of hydrogen-bond acceptors (Lipinski definition) is 4.